The maximum Gasteiger partial charge on any atom is 0.320 e. The number of carboxylic acids is 1. The lowest BCUT2D eigenvalue weighted by atomic mass is 9.86. The minimum atomic E-state index is -0.833. The Labute approximate surface area is 121 Å². The molecule has 0 bridgehead atoms. The highest BCUT2D eigenvalue weighted by atomic mass is 16.4. The van der Waals surface area contributed by atoms with Crippen molar-refractivity contribution in [1.29, 1.82) is 0 Å². The van der Waals surface area contributed by atoms with E-state index in [0.29, 0.717) is 13.0 Å². The Bertz CT molecular complexity index is 477. The van der Waals surface area contributed by atoms with Crippen LogP contribution < -0.4 is 0 Å². The topological polar surface area (TPSA) is 60.8 Å². The molecule has 0 aliphatic rings. The van der Waals surface area contributed by atoms with Crippen LogP contribution in [-0.4, -0.2) is 34.2 Å². The molecule has 0 saturated heterocycles. The molecule has 20 heavy (non-hydrogen) atoms. The van der Waals surface area contributed by atoms with Crippen molar-refractivity contribution in [3.8, 4) is 5.75 Å². The first-order valence-electron chi connectivity index (χ1n) is 6.92. The normalized spacial score (nSPS) is 13.5. The van der Waals surface area contributed by atoms with Gasteiger partial charge in [0.15, 0.2) is 0 Å². The number of benzene rings is 1. The molecule has 0 amide bonds. The molecule has 1 aromatic rings. The van der Waals surface area contributed by atoms with E-state index in [2.05, 4.69) is 20.8 Å². The van der Waals surface area contributed by atoms with Gasteiger partial charge in [-0.1, -0.05) is 39.8 Å². The summed E-state index contributed by atoms with van der Waals surface area (Å²) in [4.78, 5) is 12.9. The number of phenols is 1. The van der Waals surface area contributed by atoms with Gasteiger partial charge in [0.1, 0.15) is 11.8 Å². The van der Waals surface area contributed by atoms with E-state index in [1.165, 1.54) is 0 Å². The third-order valence-corrected chi connectivity index (χ3v) is 3.57. The molecule has 0 fully saturated rings. The zero-order valence-corrected chi connectivity index (χ0v) is 13.0. The highest BCUT2D eigenvalue weighted by Crippen LogP contribution is 2.28. The number of rotatable bonds is 5. The van der Waals surface area contributed by atoms with Gasteiger partial charge < -0.3 is 10.2 Å². The maximum absolute atomic E-state index is 11.1. The fourth-order valence-corrected chi connectivity index (χ4v) is 2.22. The van der Waals surface area contributed by atoms with Crippen molar-refractivity contribution >= 4 is 5.97 Å². The van der Waals surface area contributed by atoms with E-state index in [1.807, 2.05) is 19.1 Å². The molecule has 4 nitrogen and oxygen atoms in total. The second-order valence-corrected chi connectivity index (χ2v) is 6.27. The van der Waals surface area contributed by atoms with Gasteiger partial charge in [-0.25, -0.2) is 0 Å². The zero-order chi connectivity index (χ0) is 15.5. The summed E-state index contributed by atoms with van der Waals surface area (Å²) in [7, 11) is 1.76. The second kappa shape index (κ2) is 6.27. The van der Waals surface area contributed by atoms with Crippen LogP contribution in [0.4, 0.5) is 0 Å². The van der Waals surface area contributed by atoms with Gasteiger partial charge in [0.25, 0.3) is 0 Å². The van der Waals surface area contributed by atoms with E-state index in [0.717, 1.165) is 11.1 Å². The second-order valence-electron chi connectivity index (χ2n) is 6.27. The van der Waals surface area contributed by atoms with E-state index < -0.39 is 12.0 Å². The number of carboxylic acid groups (broad SMARTS) is 1. The van der Waals surface area contributed by atoms with Crippen LogP contribution in [0.15, 0.2) is 18.2 Å². The first-order valence-corrected chi connectivity index (χ1v) is 6.92. The Kier molecular flexibility index (Phi) is 5.17. The average Bonchev–Trinajstić information content (AvgIpc) is 2.30. The van der Waals surface area contributed by atoms with Crippen LogP contribution in [0.3, 0.4) is 0 Å². The molecule has 0 aliphatic carbocycles. The number of nitrogens with zero attached hydrogens (tertiary/aromatic N) is 1. The van der Waals surface area contributed by atoms with E-state index in [9.17, 15) is 9.90 Å². The summed E-state index contributed by atoms with van der Waals surface area (Å²) < 4.78 is 0. The van der Waals surface area contributed by atoms with Crippen LogP contribution in [-0.2, 0) is 16.8 Å². The monoisotopic (exact) mass is 279 g/mol. The molecule has 0 spiro atoms. The summed E-state index contributed by atoms with van der Waals surface area (Å²) >= 11 is 0. The van der Waals surface area contributed by atoms with Crippen molar-refractivity contribution in [3.05, 3.63) is 29.3 Å². The summed E-state index contributed by atoms with van der Waals surface area (Å²) in [5, 5.41) is 19.3. The minimum absolute atomic E-state index is 0.0189. The van der Waals surface area contributed by atoms with Gasteiger partial charge in [0.05, 0.1) is 0 Å². The number of hydrogen-bond donors (Lipinski definition) is 2. The molecule has 0 unspecified atom stereocenters. The third-order valence-electron chi connectivity index (χ3n) is 3.57. The zero-order valence-electron chi connectivity index (χ0n) is 13.0. The van der Waals surface area contributed by atoms with Crippen LogP contribution in [0.5, 0.6) is 5.75 Å². The predicted molar refractivity (Wildman–Crippen MR) is 80.0 cm³/mol. The van der Waals surface area contributed by atoms with Gasteiger partial charge in [0.2, 0.25) is 0 Å². The van der Waals surface area contributed by atoms with Gasteiger partial charge in [-0.3, -0.25) is 9.69 Å². The van der Waals surface area contributed by atoms with Gasteiger partial charge in [-0.2, -0.15) is 0 Å². The fourth-order valence-electron chi connectivity index (χ4n) is 2.22. The summed E-state index contributed by atoms with van der Waals surface area (Å²) in [5.74, 6) is -0.606. The molecule has 2 N–H and O–H groups in total. The summed E-state index contributed by atoms with van der Waals surface area (Å²) in [5.41, 5.74) is 1.79. The molecule has 0 saturated carbocycles. The predicted octanol–water partition coefficient (Wildman–Crippen LogP) is 2.98. The Hall–Kier alpha value is -1.55. The first-order chi connectivity index (χ1) is 9.16. The average molecular weight is 279 g/mol. The molecular weight excluding hydrogens is 254 g/mol. The van der Waals surface area contributed by atoms with Crippen LogP contribution in [0.2, 0.25) is 0 Å². The molecule has 0 aromatic heterocycles. The third kappa shape index (κ3) is 3.97. The number of carbonyl (C=O) groups is 1. The lowest BCUT2D eigenvalue weighted by Gasteiger charge is -2.25. The molecule has 0 heterocycles. The van der Waals surface area contributed by atoms with Gasteiger partial charge in [-0.05, 0) is 30.5 Å². The lowest BCUT2D eigenvalue weighted by Crippen LogP contribution is -2.37. The maximum atomic E-state index is 11.1. The smallest absolute Gasteiger partial charge is 0.320 e. The summed E-state index contributed by atoms with van der Waals surface area (Å²) in [6.45, 7) is 8.53. The van der Waals surface area contributed by atoms with Crippen molar-refractivity contribution in [1.82, 2.24) is 4.90 Å². The number of aliphatic carboxylic acids is 1. The largest absolute Gasteiger partial charge is 0.508 e. The van der Waals surface area contributed by atoms with Crippen molar-refractivity contribution < 1.29 is 15.0 Å². The van der Waals surface area contributed by atoms with Gasteiger partial charge in [0, 0.05) is 12.1 Å². The molecule has 4 heteroatoms. The summed E-state index contributed by atoms with van der Waals surface area (Å²) in [6.07, 6.45) is 0.534. The lowest BCUT2D eigenvalue weighted by molar-refractivity contribution is -0.143. The SMILES string of the molecule is CC[C@H](C(=O)O)N(C)Cc1ccc(C(C)(C)C)cc1O. The van der Waals surface area contributed by atoms with E-state index in [-0.39, 0.29) is 11.2 Å². The highest BCUT2D eigenvalue weighted by molar-refractivity contribution is 5.73. The van der Waals surface area contributed by atoms with Gasteiger partial charge >= 0.3 is 5.97 Å². The fraction of sp³-hybridized carbons (Fsp3) is 0.562. The molecule has 0 aliphatic heterocycles. The van der Waals surface area contributed by atoms with Crippen LogP contribution in [0.25, 0.3) is 0 Å². The quantitative estimate of drug-likeness (QED) is 0.870. The minimum Gasteiger partial charge on any atom is -0.508 e. The number of likely N-dealkylation sites (N-methyl/N-ethyl adjacent to an activating group) is 1. The Morgan fingerprint density at radius 3 is 2.35 bits per heavy atom. The number of hydrogen-bond acceptors (Lipinski definition) is 3. The first kappa shape index (κ1) is 16.5. The Morgan fingerprint density at radius 2 is 1.95 bits per heavy atom. The molecule has 112 valence electrons. The molecule has 1 aromatic carbocycles. The Morgan fingerprint density at radius 1 is 1.35 bits per heavy atom. The van der Waals surface area contributed by atoms with Crippen LogP contribution in [0.1, 0.15) is 45.2 Å². The van der Waals surface area contributed by atoms with Crippen molar-refractivity contribution in [3.63, 3.8) is 0 Å². The van der Waals surface area contributed by atoms with Crippen LogP contribution >= 0.6 is 0 Å². The van der Waals surface area contributed by atoms with Crippen molar-refractivity contribution in [2.24, 2.45) is 0 Å². The van der Waals surface area contributed by atoms with E-state index >= 15 is 0 Å². The standard InChI is InChI=1S/C16H25NO3/c1-6-13(15(19)20)17(5)10-11-7-8-12(9-14(11)18)16(2,3)4/h7-9,13,18H,6,10H2,1-5H3,(H,19,20)/t13-/m1/s1. The molecule has 1 rings (SSSR count). The molecular formula is C16H25NO3. The molecule has 1 atom stereocenters. The van der Waals surface area contributed by atoms with Gasteiger partial charge in [-0.15, -0.1) is 0 Å². The van der Waals surface area contributed by atoms with Crippen molar-refractivity contribution in [2.75, 3.05) is 7.05 Å². The van der Waals surface area contributed by atoms with E-state index in [1.54, 1.807) is 18.0 Å². The van der Waals surface area contributed by atoms with Crippen molar-refractivity contribution in [2.45, 2.75) is 52.1 Å². The van der Waals surface area contributed by atoms with Crippen LogP contribution in [0, 0.1) is 0 Å². The highest BCUT2D eigenvalue weighted by Gasteiger charge is 2.22. The number of phenolic OH excluding ortho intramolecular Hbond substituents is 1. The molecule has 0 radical (unpaired) electrons. The number of aromatic hydroxyl groups is 1. The summed E-state index contributed by atoms with van der Waals surface area (Å²) in [6, 6.07) is 5.10. The Balaban J connectivity index is 2.91. The van der Waals surface area contributed by atoms with E-state index in [4.69, 9.17) is 5.11 Å².